The fourth-order valence-electron chi connectivity index (χ4n) is 2.66. The number of halogens is 2. The Labute approximate surface area is 203 Å². The van der Waals surface area contributed by atoms with Crippen LogP contribution in [0.4, 0.5) is 5.69 Å². The van der Waals surface area contributed by atoms with Crippen LogP contribution in [-0.2, 0) is 14.8 Å². The molecule has 0 unspecified atom stereocenters. The van der Waals surface area contributed by atoms with Crippen LogP contribution in [0.25, 0.3) is 11.3 Å². The molecule has 0 aliphatic carbocycles. The number of hydrogen-bond acceptors (Lipinski definition) is 7. The minimum Gasteiger partial charge on any atom is -0.325 e. The van der Waals surface area contributed by atoms with E-state index in [-0.39, 0.29) is 26.3 Å². The molecule has 0 radical (unpaired) electrons. The van der Waals surface area contributed by atoms with Gasteiger partial charge in [-0.2, -0.15) is 5.26 Å². The first kappa shape index (κ1) is 24.8. The third-order valence-corrected chi connectivity index (χ3v) is 6.96. The molecule has 0 fully saturated rings. The number of carbonyl (C=O) groups excluding carboxylic acids is 1. The molecule has 3 rings (SSSR count). The van der Waals surface area contributed by atoms with Crippen molar-refractivity contribution in [1.29, 1.82) is 5.26 Å². The summed E-state index contributed by atoms with van der Waals surface area (Å²) in [6.07, 6.45) is 0. The summed E-state index contributed by atoms with van der Waals surface area (Å²) in [6.45, 7) is 1.59. The first-order valence-corrected chi connectivity index (χ1v) is 12.3. The van der Waals surface area contributed by atoms with Gasteiger partial charge in [-0.1, -0.05) is 41.0 Å². The van der Waals surface area contributed by atoms with E-state index in [4.69, 9.17) is 28.3 Å². The van der Waals surface area contributed by atoms with Crippen molar-refractivity contribution in [3.63, 3.8) is 0 Å². The topological polar surface area (TPSA) is 159 Å². The summed E-state index contributed by atoms with van der Waals surface area (Å²) < 4.78 is 22.7. The van der Waals surface area contributed by atoms with Gasteiger partial charge in [0.1, 0.15) is 11.6 Å². The van der Waals surface area contributed by atoms with E-state index in [1.165, 1.54) is 36.4 Å². The van der Waals surface area contributed by atoms with Gasteiger partial charge in [0.25, 0.3) is 5.56 Å². The lowest BCUT2D eigenvalue weighted by Gasteiger charge is -2.13. The quantitative estimate of drug-likeness (QED) is 0.329. The number of nitriles is 1. The van der Waals surface area contributed by atoms with Crippen molar-refractivity contribution in [2.75, 3.05) is 5.32 Å². The molecule has 1 heterocycles. The molecule has 3 aromatic rings. The number of rotatable bonds is 6. The molecule has 0 aliphatic rings. The van der Waals surface area contributed by atoms with Crippen molar-refractivity contribution in [1.82, 2.24) is 9.97 Å². The number of aromatic amines is 1. The molecule has 0 saturated heterocycles. The van der Waals surface area contributed by atoms with E-state index in [9.17, 15) is 23.3 Å². The molecule has 2 aromatic carbocycles. The number of amides is 1. The molecule has 0 saturated carbocycles. The third-order valence-electron chi connectivity index (χ3n) is 4.31. The molecule has 170 valence electrons. The van der Waals surface area contributed by atoms with Gasteiger partial charge in [0.15, 0.2) is 5.16 Å². The van der Waals surface area contributed by atoms with E-state index in [2.05, 4.69) is 15.3 Å². The van der Waals surface area contributed by atoms with Gasteiger partial charge in [-0.15, -0.1) is 0 Å². The number of anilines is 1. The fraction of sp³-hybridized carbons (Fsp3) is 0.100. The van der Waals surface area contributed by atoms with Crippen LogP contribution in [0.1, 0.15) is 12.5 Å². The average Bonchev–Trinajstić information content (AvgIpc) is 2.75. The lowest BCUT2D eigenvalue weighted by atomic mass is 10.1. The van der Waals surface area contributed by atoms with Crippen molar-refractivity contribution in [3.8, 4) is 17.3 Å². The minimum atomic E-state index is -3.84. The Balaban J connectivity index is 1.83. The highest BCUT2D eigenvalue weighted by atomic mass is 35.5. The molecular weight excluding hydrogens is 509 g/mol. The number of aromatic nitrogens is 2. The molecule has 1 aromatic heterocycles. The molecular formula is C20H15Cl2N5O4S2. The van der Waals surface area contributed by atoms with Crippen LogP contribution in [0.2, 0.25) is 10.0 Å². The zero-order valence-electron chi connectivity index (χ0n) is 16.8. The molecule has 1 amide bonds. The number of sulfonamides is 1. The predicted octanol–water partition coefficient (Wildman–Crippen LogP) is 3.38. The summed E-state index contributed by atoms with van der Waals surface area (Å²) in [4.78, 5) is 31.7. The Morgan fingerprint density at radius 1 is 1.21 bits per heavy atom. The van der Waals surface area contributed by atoms with Crippen LogP contribution in [0.3, 0.4) is 0 Å². The molecule has 0 aliphatic heterocycles. The minimum absolute atomic E-state index is 0.0860. The van der Waals surface area contributed by atoms with Crippen LogP contribution >= 0.6 is 35.0 Å². The molecule has 9 nitrogen and oxygen atoms in total. The summed E-state index contributed by atoms with van der Waals surface area (Å²) in [5.41, 5.74) is 0.0131. The first-order chi connectivity index (χ1) is 15.5. The number of nitrogens with zero attached hydrogens (tertiary/aromatic N) is 2. The summed E-state index contributed by atoms with van der Waals surface area (Å²) in [7, 11) is -3.84. The number of hydrogen-bond donors (Lipinski definition) is 3. The smallest absolute Gasteiger partial charge is 0.270 e. The molecule has 33 heavy (non-hydrogen) atoms. The second-order valence-electron chi connectivity index (χ2n) is 6.65. The lowest BCUT2D eigenvalue weighted by molar-refractivity contribution is -0.115. The Bertz CT molecular complexity index is 1430. The summed E-state index contributed by atoms with van der Waals surface area (Å²) in [5, 5.41) is 17.0. The van der Waals surface area contributed by atoms with Gasteiger partial charge in [-0.25, -0.2) is 18.5 Å². The van der Waals surface area contributed by atoms with Gasteiger partial charge in [0.05, 0.1) is 25.9 Å². The highest BCUT2D eigenvalue weighted by molar-refractivity contribution is 8.00. The van der Waals surface area contributed by atoms with E-state index in [0.717, 1.165) is 11.8 Å². The SMILES string of the molecule is C[C@@H](Sc1nc(-c2ccc(Cl)c(Cl)c2)c(C#N)c(=O)[nH]1)C(=O)Nc1ccc(S(N)(=O)=O)cc1. The molecule has 1 atom stereocenters. The maximum Gasteiger partial charge on any atom is 0.270 e. The van der Waals surface area contributed by atoms with E-state index < -0.39 is 26.7 Å². The maximum atomic E-state index is 12.6. The molecule has 0 bridgehead atoms. The monoisotopic (exact) mass is 523 g/mol. The van der Waals surface area contributed by atoms with Crippen molar-refractivity contribution in [3.05, 3.63) is 68.4 Å². The Morgan fingerprint density at radius 2 is 1.88 bits per heavy atom. The summed E-state index contributed by atoms with van der Waals surface area (Å²) in [5.74, 6) is -0.425. The van der Waals surface area contributed by atoms with Gasteiger partial charge < -0.3 is 10.3 Å². The van der Waals surface area contributed by atoms with E-state index in [0.29, 0.717) is 16.3 Å². The number of primary sulfonamides is 1. The Morgan fingerprint density at radius 3 is 2.45 bits per heavy atom. The standard InChI is InChI=1S/C20H15Cl2N5O4S2/c1-10(18(28)25-12-3-5-13(6-4-12)33(24,30)31)32-20-26-17(14(9-23)19(29)27-20)11-2-7-15(21)16(22)8-11/h2-8,10H,1H3,(H,25,28)(H2,24,30,31)(H,26,27,29)/t10-/m1/s1. The average molecular weight is 524 g/mol. The first-order valence-electron chi connectivity index (χ1n) is 9.10. The van der Waals surface area contributed by atoms with Gasteiger partial charge in [0, 0.05) is 11.3 Å². The number of nitrogens with one attached hydrogen (secondary N) is 2. The zero-order chi connectivity index (χ0) is 24.3. The van der Waals surface area contributed by atoms with Gasteiger partial charge >= 0.3 is 0 Å². The fourth-order valence-corrected chi connectivity index (χ4v) is 4.27. The highest BCUT2D eigenvalue weighted by Gasteiger charge is 2.20. The summed E-state index contributed by atoms with van der Waals surface area (Å²) >= 11 is 12.9. The predicted molar refractivity (Wildman–Crippen MR) is 127 cm³/mol. The van der Waals surface area contributed by atoms with Crippen molar-refractivity contribution < 1.29 is 13.2 Å². The second kappa shape index (κ2) is 9.94. The number of nitrogens with two attached hydrogens (primary N) is 1. The molecule has 0 spiro atoms. The number of carbonyl (C=O) groups is 1. The van der Waals surface area contributed by atoms with Crippen LogP contribution in [-0.4, -0.2) is 29.5 Å². The van der Waals surface area contributed by atoms with Crippen molar-refractivity contribution in [2.45, 2.75) is 22.2 Å². The van der Waals surface area contributed by atoms with Gasteiger partial charge in [-0.05, 0) is 43.3 Å². The zero-order valence-corrected chi connectivity index (χ0v) is 19.9. The highest BCUT2D eigenvalue weighted by Crippen LogP contribution is 2.30. The number of benzene rings is 2. The maximum absolute atomic E-state index is 12.6. The van der Waals surface area contributed by atoms with Crippen LogP contribution in [0, 0.1) is 11.3 Å². The third kappa shape index (κ3) is 5.93. The Kier molecular flexibility index (Phi) is 7.46. The van der Waals surface area contributed by atoms with Crippen molar-refractivity contribution in [2.24, 2.45) is 5.14 Å². The van der Waals surface area contributed by atoms with Crippen molar-refractivity contribution >= 4 is 56.6 Å². The summed E-state index contributed by atoms with van der Waals surface area (Å²) in [6, 6.07) is 11.8. The van der Waals surface area contributed by atoms with Gasteiger partial charge in [0.2, 0.25) is 15.9 Å². The molecule has 13 heteroatoms. The van der Waals surface area contributed by atoms with Crippen LogP contribution < -0.4 is 16.0 Å². The largest absolute Gasteiger partial charge is 0.325 e. The van der Waals surface area contributed by atoms with Crippen LogP contribution in [0.15, 0.2) is 57.3 Å². The van der Waals surface area contributed by atoms with E-state index >= 15 is 0 Å². The van der Waals surface area contributed by atoms with E-state index in [1.807, 2.05) is 6.07 Å². The normalized spacial score (nSPS) is 12.1. The Hall–Kier alpha value is -2.88. The number of H-pyrrole nitrogens is 1. The number of thioether (sulfide) groups is 1. The molecule has 4 N–H and O–H groups in total. The van der Waals surface area contributed by atoms with E-state index in [1.54, 1.807) is 13.0 Å². The second-order valence-corrected chi connectivity index (χ2v) is 10.4. The lowest BCUT2D eigenvalue weighted by Crippen LogP contribution is -2.24. The van der Waals surface area contributed by atoms with Gasteiger partial charge in [-0.3, -0.25) is 9.59 Å². The van der Waals surface area contributed by atoms with Crippen LogP contribution in [0.5, 0.6) is 0 Å².